The molecule has 0 aliphatic carbocycles. The number of para-hydroxylation sites is 2. The highest BCUT2D eigenvalue weighted by molar-refractivity contribution is 6.26. The standard InChI is InChI=1S/C35H26N4O3/c40-34-30(32(24-14-5-1-6-15-24)36-38(34)26-18-9-3-10-19-26)29(28-22-13-23-42-28)31-33(25-16-7-2-8-17-25)37-39(35(31)41)27-20-11-4-12-21-27/h1-23,29-31H. The van der Waals surface area contributed by atoms with Gasteiger partial charge in [0.15, 0.2) is 0 Å². The van der Waals surface area contributed by atoms with Crippen molar-refractivity contribution >= 4 is 34.6 Å². The molecule has 0 bridgehead atoms. The van der Waals surface area contributed by atoms with Crippen molar-refractivity contribution in [3.63, 3.8) is 0 Å². The summed E-state index contributed by atoms with van der Waals surface area (Å²) >= 11 is 0. The Balaban J connectivity index is 1.42. The first-order chi connectivity index (χ1) is 20.7. The summed E-state index contributed by atoms with van der Waals surface area (Å²) in [6.07, 6.45) is 1.57. The number of rotatable bonds is 7. The molecule has 204 valence electrons. The Kier molecular flexibility index (Phi) is 6.52. The van der Waals surface area contributed by atoms with Crippen LogP contribution in [0.1, 0.15) is 22.8 Å². The molecule has 0 spiro atoms. The number of carbonyl (C=O) groups excluding carboxylic acids is 2. The maximum atomic E-state index is 14.5. The number of hydrogen-bond acceptors (Lipinski definition) is 5. The molecule has 2 unspecified atom stereocenters. The molecular weight excluding hydrogens is 524 g/mol. The molecule has 7 heteroatoms. The van der Waals surface area contributed by atoms with E-state index >= 15 is 0 Å². The Hall–Kier alpha value is -5.56. The van der Waals surface area contributed by atoms with Crippen LogP contribution in [0.3, 0.4) is 0 Å². The van der Waals surface area contributed by atoms with Gasteiger partial charge in [-0.3, -0.25) is 9.59 Å². The molecule has 0 fully saturated rings. The zero-order valence-electron chi connectivity index (χ0n) is 22.5. The number of anilines is 2. The first kappa shape index (κ1) is 25.4. The van der Waals surface area contributed by atoms with Gasteiger partial charge in [0.1, 0.15) is 5.76 Å². The van der Waals surface area contributed by atoms with Crippen molar-refractivity contribution in [3.8, 4) is 0 Å². The normalized spacial score (nSPS) is 19.1. The highest BCUT2D eigenvalue weighted by Gasteiger charge is 2.53. The Morgan fingerprint density at radius 3 is 1.31 bits per heavy atom. The maximum Gasteiger partial charge on any atom is 0.257 e. The van der Waals surface area contributed by atoms with Gasteiger partial charge >= 0.3 is 0 Å². The summed E-state index contributed by atoms with van der Waals surface area (Å²) in [6.45, 7) is 0. The topological polar surface area (TPSA) is 78.5 Å². The molecule has 42 heavy (non-hydrogen) atoms. The first-order valence-corrected chi connectivity index (χ1v) is 13.8. The van der Waals surface area contributed by atoms with Crippen LogP contribution in [0.2, 0.25) is 0 Å². The molecule has 7 nitrogen and oxygen atoms in total. The summed E-state index contributed by atoms with van der Waals surface area (Å²) in [6, 6.07) is 41.5. The van der Waals surface area contributed by atoms with Crippen LogP contribution in [0.25, 0.3) is 0 Å². The van der Waals surface area contributed by atoms with Crippen molar-refractivity contribution in [3.05, 3.63) is 157 Å². The average molecular weight is 551 g/mol. The van der Waals surface area contributed by atoms with Crippen LogP contribution in [0.5, 0.6) is 0 Å². The van der Waals surface area contributed by atoms with Gasteiger partial charge in [0.25, 0.3) is 11.8 Å². The minimum atomic E-state index is -0.822. The van der Waals surface area contributed by atoms with Gasteiger partial charge in [0.05, 0.1) is 46.8 Å². The summed E-state index contributed by atoms with van der Waals surface area (Å²) in [5, 5.41) is 12.7. The van der Waals surface area contributed by atoms with E-state index in [4.69, 9.17) is 14.6 Å². The predicted octanol–water partition coefficient (Wildman–Crippen LogP) is 6.50. The smallest absolute Gasteiger partial charge is 0.257 e. The van der Waals surface area contributed by atoms with Gasteiger partial charge in [0.2, 0.25) is 0 Å². The molecule has 0 saturated carbocycles. The van der Waals surface area contributed by atoms with Gasteiger partial charge in [-0.05, 0) is 47.5 Å². The summed E-state index contributed by atoms with van der Waals surface area (Å²) in [5.41, 5.74) is 4.05. The van der Waals surface area contributed by atoms with Crippen LogP contribution < -0.4 is 10.0 Å². The van der Waals surface area contributed by atoms with E-state index in [2.05, 4.69) is 0 Å². The Morgan fingerprint density at radius 1 is 0.524 bits per heavy atom. The molecule has 5 aromatic rings. The van der Waals surface area contributed by atoms with E-state index in [-0.39, 0.29) is 11.8 Å². The molecule has 7 rings (SSSR count). The maximum absolute atomic E-state index is 14.5. The highest BCUT2D eigenvalue weighted by atomic mass is 16.3. The third kappa shape index (κ3) is 4.41. The van der Waals surface area contributed by atoms with E-state index in [1.807, 2.05) is 127 Å². The number of nitrogens with zero attached hydrogens (tertiary/aromatic N) is 4. The fourth-order valence-corrected chi connectivity index (χ4v) is 5.79. The number of benzene rings is 4. The fourth-order valence-electron chi connectivity index (χ4n) is 5.79. The van der Waals surface area contributed by atoms with Crippen LogP contribution in [0.15, 0.2) is 154 Å². The quantitative estimate of drug-likeness (QED) is 0.232. The third-order valence-corrected chi connectivity index (χ3v) is 7.68. The number of hydrazone groups is 2. The van der Waals surface area contributed by atoms with E-state index in [9.17, 15) is 9.59 Å². The highest BCUT2D eigenvalue weighted by Crippen LogP contribution is 2.44. The number of amides is 2. The number of hydrogen-bond donors (Lipinski definition) is 0. The first-order valence-electron chi connectivity index (χ1n) is 13.8. The molecule has 0 radical (unpaired) electrons. The average Bonchev–Trinajstić information content (AvgIpc) is 3.79. The molecule has 0 N–H and O–H groups in total. The predicted molar refractivity (Wildman–Crippen MR) is 162 cm³/mol. The zero-order chi connectivity index (χ0) is 28.5. The second-order valence-corrected chi connectivity index (χ2v) is 10.2. The molecule has 4 aromatic carbocycles. The molecule has 3 heterocycles. The largest absolute Gasteiger partial charge is 0.469 e. The van der Waals surface area contributed by atoms with Crippen LogP contribution in [-0.4, -0.2) is 23.2 Å². The molecule has 0 saturated heterocycles. The summed E-state index contributed by atoms with van der Waals surface area (Å²) in [4.78, 5) is 29.0. The minimum absolute atomic E-state index is 0.236. The SMILES string of the molecule is O=C1C(C(c2ccco2)C2C(=O)N(c3ccccc3)N=C2c2ccccc2)C(c2ccccc2)=NN1c1ccccc1. The van der Waals surface area contributed by atoms with E-state index in [1.165, 1.54) is 10.0 Å². The number of carbonyl (C=O) groups is 2. The monoisotopic (exact) mass is 550 g/mol. The van der Waals surface area contributed by atoms with Crippen molar-refractivity contribution in [2.45, 2.75) is 5.92 Å². The molecule has 2 aliphatic rings. The van der Waals surface area contributed by atoms with Crippen LogP contribution in [-0.2, 0) is 9.59 Å². The van der Waals surface area contributed by atoms with Crippen molar-refractivity contribution < 1.29 is 14.0 Å². The lowest BCUT2D eigenvalue weighted by atomic mass is 9.72. The lowest BCUT2D eigenvalue weighted by Gasteiger charge is -2.28. The molecular formula is C35H26N4O3. The fraction of sp³-hybridized carbons (Fsp3) is 0.0857. The summed E-state index contributed by atoms with van der Waals surface area (Å²) < 4.78 is 6.02. The van der Waals surface area contributed by atoms with Crippen molar-refractivity contribution in [2.75, 3.05) is 10.0 Å². The van der Waals surface area contributed by atoms with Gasteiger partial charge in [-0.15, -0.1) is 0 Å². The third-order valence-electron chi connectivity index (χ3n) is 7.68. The Morgan fingerprint density at radius 2 is 0.929 bits per heavy atom. The zero-order valence-corrected chi connectivity index (χ0v) is 22.5. The van der Waals surface area contributed by atoms with Crippen LogP contribution in [0.4, 0.5) is 11.4 Å². The van der Waals surface area contributed by atoms with E-state index in [0.29, 0.717) is 28.6 Å². The van der Waals surface area contributed by atoms with Crippen LogP contribution >= 0.6 is 0 Å². The minimum Gasteiger partial charge on any atom is -0.469 e. The van der Waals surface area contributed by atoms with Gasteiger partial charge < -0.3 is 4.42 Å². The van der Waals surface area contributed by atoms with Crippen molar-refractivity contribution in [1.82, 2.24) is 0 Å². The van der Waals surface area contributed by atoms with Crippen molar-refractivity contribution in [1.29, 1.82) is 0 Å². The summed E-state index contributed by atoms with van der Waals surface area (Å²) in [7, 11) is 0. The van der Waals surface area contributed by atoms with Gasteiger partial charge in [-0.1, -0.05) is 97.1 Å². The second-order valence-electron chi connectivity index (χ2n) is 10.2. The lowest BCUT2D eigenvalue weighted by molar-refractivity contribution is -0.122. The molecule has 2 amide bonds. The van der Waals surface area contributed by atoms with Crippen LogP contribution in [0, 0.1) is 11.8 Å². The summed E-state index contributed by atoms with van der Waals surface area (Å²) in [5.74, 6) is -2.32. The van der Waals surface area contributed by atoms with Crippen molar-refractivity contribution in [2.24, 2.45) is 22.0 Å². The van der Waals surface area contributed by atoms with E-state index in [1.54, 1.807) is 12.3 Å². The van der Waals surface area contributed by atoms with Gasteiger partial charge in [-0.25, -0.2) is 0 Å². The molecule has 2 aliphatic heterocycles. The van der Waals surface area contributed by atoms with Gasteiger partial charge in [-0.2, -0.15) is 20.2 Å². The van der Waals surface area contributed by atoms with E-state index < -0.39 is 17.8 Å². The number of furan rings is 1. The Bertz CT molecular complexity index is 1650. The van der Waals surface area contributed by atoms with Gasteiger partial charge in [0, 0.05) is 0 Å². The molecule has 1 aromatic heterocycles. The van der Waals surface area contributed by atoms with E-state index in [0.717, 1.165) is 11.1 Å². The Labute approximate surface area is 243 Å². The molecule has 2 atom stereocenters. The lowest BCUT2D eigenvalue weighted by Crippen LogP contribution is -2.41. The second kappa shape index (κ2) is 10.8.